The van der Waals surface area contributed by atoms with Gasteiger partial charge in [0, 0.05) is 10.2 Å². The van der Waals surface area contributed by atoms with E-state index in [1.54, 1.807) is 0 Å². The van der Waals surface area contributed by atoms with Gasteiger partial charge in [0.15, 0.2) is 0 Å². The molecule has 3 heteroatoms. The molecule has 0 aliphatic carbocycles. The minimum Gasteiger partial charge on any atom is -0.379 e. The number of hydrogen-bond acceptors (Lipinski definition) is 2. The summed E-state index contributed by atoms with van der Waals surface area (Å²) in [5, 5.41) is 0. The Bertz CT molecular complexity index is 259. The van der Waals surface area contributed by atoms with Gasteiger partial charge in [-0.15, -0.1) is 0 Å². The highest BCUT2D eigenvalue weighted by Crippen LogP contribution is 2.07. The van der Waals surface area contributed by atoms with E-state index in [9.17, 15) is 0 Å². The largest absolute Gasteiger partial charge is 0.379 e. The Balaban J connectivity index is 2.07. The predicted molar refractivity (Wildman–Crippen MR) is 69.9 cm³/mol. The number of ether oxygens (including phenoxy) is 2. The van der Waals surface area contributed by atoms with Crippen LogP contribution >= 0.6 is 22.6 Å². The minimum atomic E-state index is 0.673. The highest BCUT2D eigenvalue weighted by atomic mass is 127. The molecule has 0 saturated heterocycles. The number of hydrogen-bond donors (Lipinski definition) is 0. The van der Waals surface area contributed by atoms with Gasteiger partial charge in [0.2, 0.25) is 0 Å². The molecule has 15 heavy (non-hydrogen) atoms. The van der Waals surface area contributed by atoms with Crippen LogP contribution in [0.25, 0.3) is 0 Å². The van der Waals surface area contributed by atoms with Crippen molar-refractivity contribution in [1.82, 2.24) is 0 Å². The van der Waals surface area contributed by atoms with Crippen LogP contribution in [-0.2, 0) is 16.1 Å². The molecule has 1 rings (SSSR count). The maximum Gasteiger partial charge on any atom is 0.0718 e. The molecule has 0 spiro atoms. The van der Waals surface area contributed by atoms with Crippen molar-refractivity contribution in [3.63, 3.8) is 0 Å². The third kappa shape index (κ3) is 6.12. The molecule has 0 bridgehead atoms. The lowest BCUT2D eigenvalue weighted by atomic mass is 10.2. The number of rotatable bonds is 7. The summed E-state index contributed by atoms with van der Waals surface area (Å²) in [4.78, 5) is 0. The zero-order valence-electron chi connectivity index (χ0n) is 9.04. The predicted octanol–water partition coefficient (Wildman–Crippen LogP) is 3.23. The fourth-order valence-electron chi connectivity index (χ4n) is 1.13. The van der Waals surface area contributed by atoms with E-state index in [0.29, 0.717) is 19.8 Å². The molecule has 0 fully saturated rings. The van der Waals surface area contributed by atoms with Gasteiger partial charge >= 0.3 is 0 Å². The molecule has 0 atom stereocenters. The van der Waals surface area contributed by atoms with Crippen molar-refractivity contribution in [2.75, 3.05) is 19.8 Å². The average Bonchev–Trinajstić information content (AvgIpc) is 2.26. The van der Waals surface area contributed by atoms with Gasteiger partial charge in [-0.3, -0.25) is 0 Å². The van der Waals surface area contributed by atoms with E-state index in [-0.39, 0.29) is 0 Å². The standard InChI is InChI=1S/C12H17IO2/c1-2-7-14-8-9-15-10-11-3-5-12(13)6-4-11/h3-6H,2,7-10H2,1H3. The Kier molecular flexibility index (Phi) is 6.96. The second-order valence-corrected chi connectivity index (χ2v) is 4.54. The summed E-state index contributed by atoms with van der Waals surface area (Å²) in [5.41, 5.74) is 1.21. The van der Waals surface area contributed by atoms with Gasteiger partial charge in [-0.25, -0.2) is 0 Å². The minimum absolute atomic E-state index is 0.673. The molecule has 2 nitrogen and oxygen atoms in total. The van der Waals surface area contributed by atoms with Crippen LogP contribution in [0.1, 0.15) is 18.9 Å². The Morgan fingerprint density at radius 3 is 2.33 bits per heavy atom. The van der Waals surface area contributed by atoms with Crippen LogP contribution in [0.2, 0.25) is 0 Å². The molecule has 0 amide bonds. The van der Waals surface area contributed by atoms with E-state index in [4.69, 9.17) is 9.47 Å². The lowest BCUT2D eigenvalue weighted by Crippen LogP contribution is -2.04. The summed E-state index contributed by atoms with van der Waals surface area (Å²) in [6.07, 6.45) is 1.07. The SMILES string of the molecule is CCCOCCOCc1ccc(I)cc1. The van der Waals surface area contributed by atoms with Crippen LogP contribution in [0.4, 0.5) is 0 Å². The van der Waals surface area contributed by atoms with Gasteiger partial charge in [-0.1, -0.05) is 19.1 Å². The normalized spacial score (nSPS) is 10.5. The summed E-state index contributed by atoms with van der Waals surface area (Å²) in [5.74, 6) is 0. The number of halogens is 1. The molecule has 0 unspecified atom stereocenters. The molecule has 1 aromatic rings. The van der Waals surface area contributed by atoms with Crippen molar-refractivity contribution in [2.45, 2.75) is 20.0 Å². The van der Waals surface area contributed by atoms with Crippen molar-refractivity contribution in [3.8, 4) is 0 Å². The van der Waals surface area contributed by atoms with Crippen molar-refractivity contribution in [2.24, 2.45) is 0 Å². The first-order valence-electron chi connectivity index (χ1n) is 5.23. The lowest BCUT2D eigenvalue weighted by Gasteiger charge is -2.05. The van der Waals surface area contributed by atoms with Gasteiger partial charge in [0.05, 0.1) is 19.8 Å². The number of benzene rings is 1. The van der Waals surface area contributed by atoms with Crippen LogP contribution in [0, 0.1) is 3.57 Å². The van der Waals surface area contributed by atoms with Crippen molar-refractivity contribution >= 4 is 22.6 Å². The summed E-state index contributed by atoms with van der Waals surface area (Å²) in [6, 6.07) is 8.36. The van der Waals surface area contributed by atoms with Crippen LogP contribution in [-0.4, -0.2) is 19.8 Å². The highest BCUT2D eigenvalue weighted by Gasteiger charge is 1.93. The van der Waals surface area contributed by atoms with Crippen LogP contribution in [0.3, 0.4) is 0 Å². The molecule has 0 aliphatic heterocycles. The Morgan fingerprint density at radius 1 is 1.00 bits per heavy atom. The van der Waals surface area contributed by atoms with Crippen molar-refractivity contribution < 1.29 is 9.47 Å². The van der Waals surface area contributed by atoms with E-state index < -0.39 is 0 Å². The zero-order valence-corrected chi connectivity index (χ0v) is 11.2. The molecule has 0 aliphatic rings. The van der Waals surface area contributed by atoms with Gasteiger partial charge in [-0.05, 0) is 46.7 Å². The molecule has 84 valence electrons. The Labute approximate surface area is 105 Å². The van der Waals surface area contributed by atoms with E-state index in [1.165, 1.54) is 9.13 Å². The third-order valence-corrected chi connectivity index (χ3v) is 2.62. The Hall–Kier alpha value is -0.130. The summed E-state index contributed by atoms with van der Waals surface area (Å²) >= 11 is 2.30. The van der Waals surface area contributed by atoms with Crippen LogP contribution in [0.15, 0.2) is 24.3 Å². The molecule has 0 N–H and O–H groups in total. The summed E-state index contributed by atoms with van der Waals surface area (Å²) in [6.45, 7) is 4.97. The molecule has 0 aromatic heterocycles. The second-order valence-electron chi connectivity index (χ2n) is 3.29. The summed E-state index contributed by atoms with van der Waals surface area (Å²) in [7, 11) is 0. The van der Waals surface area contributed by atoms with Gasteiger partial charge < -0.3 is 9.47 Å². The van der Waals surface area contributed by atoms with E-state index in [2.05, 4.69) is 53.8 Å². The Morgan fingerprint density at radius 2 is 1.67 bits per heavy atom. The maximum atomic E-state index is 5.48. The van der Waals surface area contributed by atoms with E-state index >= 15 is 0 Å². The van der Waals surface area contributed by atoms with Crippen molar-refractivity contribution in [3.05, 3.63) is 33.4 Å². The van der Waals surface area contributed by atoms with E-state index in [1.807, 2.05) is 0 Å². The first kappa shape index (κ1) is 12.9. The third-order valence-electron chi connectivity index (χ3n) is 1.90. The second kappa shape index (κ2) is 8.07. The molecule has 0 heterocycles. The smallest absolute Gasteiger partial charge is 0.0718 e. The zero-order chi connectivity index (χ0) is 10.9. The topological polar surface area (TPSA) is 18.5 Å². The first-order valence-corrected chi connectivity index (χ1v) is 6.30. The molecule has 0 saturated carbocycles. The quantitative estimate of drug-likeness (QED) is 0.567. The fraction of sp³-hybridized carbons (Fsp3) is 0.500. The first-order chi connectivity index (χ1) is 7.33. The lowest BCUT2D eigenvalue weighted by molar-refractivity contribution is 0.0408. The molecule has 1 aromatic carbocycles. The monoisotopic (exact) mass is 320 g/mol. The van der Waals surface area contributed by atoms with Crippen LogP contribution in [0.5, 0.6) is 0 Å². The van der Waals surface area contributed by atoms with Gasteiger partial charge in [0.25, 0.3) is 0 Å². The van der Waals surface area contributed by atoms with Crippen LogP contribution < -0.4 is 0 Å². The molecular weight excluding hydrogens is 303 g/mol. The van der Waals surface area contributed by atoms with Crippen molar-refractivity contribution in [1.29, 1.82) is 0 Å². The average molecular weight is 320 g/mol. The maximum absolute atomic E-state index is 5.48. The highest BCUT2D eigenvalue weighted by molar-refractivity contribution is 14.1. The van der Waals surface area contributed by atoms with Gasteiger partial charge in [0.1, 0.15) is 0 Å². The van der Waals surface area contributed by atoms with Gasteiger partial charge in [-0.2, -0.15) is 0 Å². The summed E-state index contributed by atoms with van der Waals surface area (Å²) < 4.78 is 12.0. The molecule has 0 radical (unpaired) electrons. The van der Waals surface area contributed by atoms with E-state index in [0.717, 1.165) is 13.0 Å². The molecular formula is C12H17IO2. The fourth-order valence-corrected chi connectivity index (χ4v) is 1.49.